The number of Topliss-reactive ketones (excluding diaryl/α,β-unsaturated/α-hetero) is 1. The van der Waals surface area contributed by atoms with Crippen LogP contribution in [-0.4, -0.2) is 5.78 Å². The molecule has 0 amide bonds. The fraction of sp³-hybridized carbons (Fsp3) is 0.300. The molecule has 12 heavy (non-hydrogen) atoms. The van der Waals surface area contributed by atoms with E-state index in [-0.39, 0.29) is 13.2 Å². The third-order valence-electron chi connectivity index (χ3n) is 1.60. The van der Waals surface area contributed by atoms with Crippen LogP contribution in [0.4, 0.5) is 0 Å². The SMILES string of the molecule is C.CC(=O)c1ccc(CN)cc1. The lowest BCUT2D eigenvalue weighted by Gasteiger charge is -1.97. The van der Waals surface area contributed by atoms with E-state index in [0.717, 1.165) is 11.1 Å². The first kappa shape index (κ1) is 10.8. The molecule has 1 aromatic carbocycles. The molecule has 0 aromatic heterocycles. The van der Waals surface area contributed by atoms with E-state index in [1.165, 1.54) is 0 Å². The van der Waals surface area contributed by atoms with Gasteiger partial charge in [0.25, 0.3) is 0 Å². The van der Waals surface area contributed by atoms with Gasteiger partial charge in [0.15, 0.2) is 5.78 Å². The van der Waals surface area contributed by atoms with Crippen molar-refractivity contribution in [3.8, 4) is 0 Å². The Balaban J connectivity index is 0.00000121. The molecule has 0 aliphatic rings. The molecule has 0 aliphatic heterocycles. The van der Waals surface area contributed by atoms with Gasteiger partial charge in [-0.3, -0.25) is 4.79 Å². The van der Waals surface area contributed by atoms with Gasteiger partial charge in [0.1, 0.15) is 0 Å². The molecule has 2 heteroatoms. The average Bonchev–Trinajstić information content (AvgIpc) is 2.05. The smallest absolute Gasteiger partial charge is 0.159 e. The van der Waals surface area contributed by atoms with E-state index in [1.54, 1.807) is 19.1 Å². The van der Waals surface area contributed by atoms with Crippen LogP contribution in [0, 0.1) is 0 Å². The molecule has 0 bridgehead atoms. The zero-order valence-corrected chi connectivity index (χ0v) is 6.50. The highest BCUT2D eigenvalue weighted by Gasteiger charge is 1.96. The number of hydrogen-bond acceptors (Lipinski definition) is 2. The Morgan fingerprint density at radius 1 is 1.33 bits per heavy atom. The maximum absolute atomic E-state index is 10.8. The first-order chi connectivity index (χ1) is 5.24. The lowest BCUT2D eigenvalue weighted by molar-refractivity contribution is 0.101. The summed E-state index contributed by atoms with van der Waals surface area (Å²) in [7, 11) is 0. The maximum Gasteiger partial charge on any atom is 0.159 e. The Morgan fingerprint density at radius 2 is 1.83 bits per heavy atom. The third-order valence-corrected chi connectivity index (χ3v) is 1.60. The van der Waals surface area contributed by atoms with Crippen LogP contribution >= 0.6 is 0 Å². The summed E-state index contributed by atoms with van der Waals surface area (Å²) < 4.78 is 0. The molecular formula is C10H15NO. The van der Waals surface area contributed by atoms with E-state index in [1.807, 2.05) is 12.1 Å². The summed E-state index contributed by atoms with van der Waals surface area (Å²) in [6, 6.07) is 7.34. The molecular weight excluding hydrogens is 150 g/mol. The Kier molecular flexibility index (Phi) is 4.22. The molecule has 0 saturated carbocycles. The summed E-state index contributed by atoms with van der Waals surface area (Å²) in [5, 5.41) is 0. The highest BCUT2D eigenvalue weighted by Crippen LogP contribution is 2.03. The van der Waals surface area contributed by atoms with Crippen LogP contribution in [-0.2, 0) is 6.54 Å². The molecule has 0 saturated heterocycles. The minimum atomic E-state index is 0. The van der Waals surface area contributed by atoms with Crippen LogP contribution in [0.1, 0.15) is 30.3 Å². The van der Waals surface area contributed by atoms with Crippen molar-refractivity contribution in [3.05, 3.63) is 35.4 Å². The minimum absolute atomic E-state index is 0. The fourth-order valence-corrected chi connectivity index (χ4v) is 0.876. The molecule has 0 radical (unpaired) electrons. The van der Waals surface area contributed by atoms with E-state index in [9.17, 15) is 4.79 Å². The van der Waals surface area contributed by atoms with Gasteiger partial charge in [-0.25, -0.2) is 0 Å². The zero-order valence-electron chi connectivity index (χ0n) is 6.50. The summed E-state index contributed by atoms with van der Waals surface area (Å²) >= 11 is 0. The van der Waals surface area contributed by atoms with Crippen LogP contribution in [0.15, 0.2) is 24.3 Å². The highest BCUT2D eigenvalue weighted by molar-refractivity contribution is 5.93. The molecule has 0 atom stereocenters. The monoisotopic (exact) mass is 165 g/mol. The van der Waals surface area contributed by atoms with Crippen LogP contribution in [0.2, 0.25) is 0 Å². The number of carbonyl (C=O) groups excluding carboxylic acids is 1. The van der Waals surface area contributed by atoms with Crippen molar-refractivity contribution in [2.45, 2.75) is 20.9 Å². The number of hydrogen-bond donors (Lipinski definition) is 1. The number of nitrogens with two attached hydrogens (primary N) is 1. The van der Waals surface area contributed by atoms with Crippen LogP contribution in [0.5, 0.6) is 0 Å². The normalized spacial score (nSPS) is 8.83. The van der Waals surface area contributed by atoms with Crippen molar-refractivity contribution in [1.82, 2.24) is 0 Å². The van der Waals surface area contributed by atoms with Crippen molar-refractivity contribution >= 4 is 5.78 Å². The molecule has 0 unspecified atom stereocenters. The average molecular weight is 165 g/mol. The topological polar surface area (TPSA) is 43.1 Å². The van der Waals surface area contributed by atoms with E-state index in [4.69, 9.17) is 5.73 Å². The maximum atomic E-state index is 10.8. The minimum Gasteiger partial charge on any atom is -0.326 e. The van der Waals surface area contributed by atoms with Gasteiger partial charge in [0.2, 0.25) is 0 Å². The van der Waals surface area contributed by atoms with Crippen LogP contribution in [0.25, 0.3) is 0 Å². The van der Waals surface area contributed by atoms with Crippen molar-refractivity contribution in [3.63, 3.8) is 0 Å². The quantitative estimate of drug-likeness (QED) is 0.681. The Hall–Kier alpha value is -1.15. The van der Waals surface area contributed by atoms with Crippen LogP contribution < -0.4 is 5.73 Å². The van der Waals surface area contributed by atoms with Gasteiger partial charge >= 0.3 is 0 Å². The second-order valence-corrected chi connectivity index (χ2v) is 2.46. The van der Waals surface area contributed by atoms with Crippen molar-refractivity contribution in [2.24, 2.45) is 5.73 Å². The van der Waals surface area contributed by atoms with Gasteiger partial charge in [0.05, 0.1) is 0 Å². The van der Waals surface area contributed by atoms with Crippen molar-refractivity contribution in [1.29, 1.82) is 0 Å². The van der Waals surface area contributed by atoms with Crippen molar-refractivity contribution < 1.29 is 4.79 Å². The predicted octanol–water partition coefficient (Wildman–Crippen LogP) is 1.98. The van der Waals surface area contributed by atoms with E-state index < -0.39 is 0 Å². The Labute approximate surface area is 73.4 Å². The van der Waals surface area contributed by atoms with Gasteiger partial charge in [-0.2, -0.15) is 0 Å². The van der Waals surface area contributed by atoms with Gasteiger partial charge < -0.3 is 5.73 Å². The van der Waals surface area contributed by atoms with Gasteiger partial charge in [-0.1, -0.05) is 31.7 Å². The summed E-state index contributed by atoms with van der Waals surface area (Å²) in [6.45, 7) is 2.08. The van der Waals surface area contributed by atoms with Gasteiger partial charge in [0, 0.05) is 12.1 Å². The van der Waals surface area contributed by atoms with Crippen LogP contribution in [0.3, 0.4) is 0 Å². The third kappa shape index (κ3) is 2.47. The first-order valence-corrected chi connectivity index (χ1v) is 3.54. The Morgan fingerprint density at radius 3 is 2.17 bits per heavy atom. The largest absolute Gasteiger partial charge is 0.326 e. The standard InChI is InChI=1S/C9H11NO.CH4/c1-7(11)9-4-2-8(6-10)3-5-9;/h2-5H,6,10H2,1H3;1H4. The second-order valence-electron chi connectivity index (χ2n) is 2.46. The Bertz CT molecular complexity index is 251. The fourth-order valence-electron chi connectivity index (χ4n) is 0.876. The number of rotatable bonds is 2. The molecule has 0 heterocycles. The van der Waals surface area contributed by atoms with Crippen molar-refractivity contribution in [2.75, 3.05) is 0 Å². The molecule has 2 nitrogen and oxygen atoms in total. The molecule has 1 rings (SSSR count). The van der Waals surface area contributed by atoms with Gasteiger partial charge in [-0.15, -0.1) is 0 Å². The molecule has 66 valence electrons. The number of ketones is 1. The number of benzene rings is 1. The molecule has 0 aliphatic carbocycles. The highest BCUT2D eigenvalue weighted by atomic mass is 16.1. The predicted molar refractivity (Wildman–Crippen MR) is 51.1 cm³/mol. The zero-order chi connectivity index (χ0) is 8.27. The molecule has 2 N–H and O–H groups in total. The lowest BCUT2D eigenvalue weighted by atomic mass is 10.1. The second kappa shape index (κ2) is 4.67. The molecule has 0 spiro atoms. The molecule has 0 fully saturated rings. The summed E-state index contributed by atoms with van der Waals surface area (Å²) in [5.41, 5.74) is 7.18. The van der Waals surface area contributed by atoms with Gasteiger partial charge in [-0.05, 0) is 12.5 Å². The summed E-state index contributed by atoms with van der Waals surface area (Å²) in [4.78, 5) is 10.8. The molecule has 1 aromatic rings. The van der Waals surface area contributed by atoms with E-state index in [2.05, 4.69) is 0 Å². The summed E-state index contributed by atoms with van der Waals surface area (Å²) in [5.74, 6) is 0.0913. The van der Waals surface area contributed by atoms with E-state index in [0.29, 0.717) is 6.54 Å². The number of carbonyl (C=O) groups is 1. The lowest BCUT2D eigenvalue weighted by Crippen LogP contribution is -1.97. The summed E-state index contributed by atoms with van der Waals surface area (Å²) in [6.07, 6.45) is 0. The first-order valence-electron chi connectivity index (χ1n) is 3.54. The van der Waals surface area contributed by atoms with E-state index >= 15 is 0 Å².